The number of Topliss-reactive ketones (excluding diaryl/α,β-unsaturated/α-hetero) is 1. The maximum absolute atomic E-state index is 12.9. The van der Waals surface area contributed by atoms with Crippen molar-refractivity contribution in [3.63, 3.8) is 0 Å². The quantitative estimate of drug-likeness (QED) is 0.393. The number of hydrogen-bond acceptors (Lipinski definition) is 9. The molecule has 0 amide bonds. The Labute approximate surface area is 181 Å². The minimum absolute atomic E-state index is 0.0975. The molecular formula is C19H23N7O4S. The number of ether oxygens (including phenoxy) is 1. The predicted molar refractivity (Wildman–Crippen MR) is 116 cm³/mol. The summed E-state index contributed by atoms with van der Waals surface area (Å²) in [5, 5.41) is 11.9. The predicted octanol–water partition coefficient (Wildman–Crippen LogP) is 0.744. The second-order valence-electron chi connectivity index (χ2n) is 7.17. The summed E-state index contributed by atoms with van der Waals surface area (Å²) < 4.78 is 8.93. The summed E-state index contributed by atoms with van der Waals surface area (Å²) in [6.07, 6.45) is 0. The lowest BCUT2D eigenvalue weighted by molar-refractivity contribution is 0.102. The zero-order valence-corrected chi connectivity index (χ0v) is 18.4. The molecular weight excluding hydrogens is 422 g/mol. The van der Waals surface area contributed by atoms with Crippen LogP contribution < -0.4 is 21.7 Å². The van der Waals surface area contributed by atoms with E-state index in [0.717, 1.165) is 16.3 Å². The van der Waals surface area contributed by atoms with Gasteiger partial charge in [0, 0.05) is 13.6 Å². The molecule has 0 atom stereocenters. The number of nitrogen functional groups attached to an aromatic ring is 1. The number of anilines is 1. The molecule has 31 heavy (non-hydrogen) atoms. The van der Waals surface area contributed by atoms with Gasteiger partial charge in [0.2, 0.25) is 5.16 Å². The van der Waals surface area contributed by atoms with Crippen molar-refractivity contribution in [1.82, 2.24) is 29.3 Å². The monoisotopic (exact) mass is 445 g/mol. The van der Waals surface area contributed by atoms with Crippen LogP contribution in [-0.4, -0.2) is 48.0 Å². The number of carbonyl (C=O) groups is 1. The van der Waals surface area contributed by atoms with E-state index in [-0.39, 0.29) is 29.6 Å². The minimum Gasteiger partial charge on any atom is -0.494 e. The Bertz CT molecular complexity index is 1230. The number of hydrogen-bond donors (Lipinski definition) is 1. The van der Waals surface area contributed by atoms with E-state index < -0.39 is 17.0 Å². The van der Waals surface area contributed by atoms with Crippen LogP contribution >= 0.6 is 11.8 Å². The first kappa shape index (κ1) is 22.3. The number of tetrazole rings is 1. The molecule has 0 bridgehead atoms. The average Bonchev–Trinajstić information content (AvgIpc) is 3.22. The third-order valence-electron chi connectivity index (χ3n) is 4.50. The number of benzene rings is 1. The molecule has 0 saturated carbocycles. The molecule has 1 aromatic carbocycles. The van der Waals surface area contributed by atoms with Crippen LogP contribution in [0.1, 0.15) is 24.2 Å². The number of methoxy groups -OCH3 is 1. The van der Waals surface area contributed by atoms with Crippen molar-refractivity contribution >= 4 is 23.4 Å². The smallest absolute Gasteiger partial charge is 0.332 e. The molecule has 0 spiro atoms. The highest BCUT2D eigenvalue weighted by Crippen LogP contribution is 2.26. The van der Waals surface area contributed by atoms with Gasteiger partial charge >= 0.3 is 5.69 Å². The zero-order chi connectivity index (χ0) is 22.7. The average molecular weight is 446 g/mol. The van der Waals surface area contributed by atoms with Gasteiger partial charge in [-0.05, 0) is 28.5 Å². The first-order chi connectivity index (χ1) is 14.8. The summed E-state index contributed by atoms with van der Waals surface area (Å²) in [6, 6.07) is 7.16. The van der Waals surface area contributed by atoms with Crippen LogP contribution in [0.5, 0.6) is 5.75 Å². The lowest BCUT2D eigenvalue weighted by atomic mass is 10.2. The Balaban J connectivity index is 1.91. The Morgan fingerprint density at radius 2 is 1.97 bits per heavy atom. The molecule has 3 aromatic rings. The summed E-state index contributed by atoms with van der Waals surface area (Å²) in [6.45, 7) is 4.11. The highest BCUT2D eigenvalue weighted by atomic mass is 32.2. The van der Waals surface area contributed by atoms with Crippen molar-refractivity contribution < 1.29 is 9.53 Å². The van der Waals surface area contributed by atoms with Crippen LogP contribution in [0.25, 0.3) is 5.69 Å². The van der Waals surface area contributed by atoms with Crippen LogP contribution in [-0.2, 0) is 13.6 Å². The van der Waals surface area contributed by atoms with E-state index in [2.05, 4.69) is 15.5 Å². The number of thioether (sulfide) groups is 1. The number of nitrogens with zero attached hydrogens (tertiary/aromatic N) is 6. The number of ketones is 1. The topological polar surface area (TPSA) is 140 Å². The van der Waals surface area contributed by atoms with Gasteiger partial charge in [0.05, 0.1) is 12.9 Å². The summed E-state index contributed by atoms with van der Waals surface area (Å²) in [4.78, 5) is 37.9. The third kappa shape index (κ3) is 4.38. The van der Waals surface area contributed by atoms with Gasteiger partial charge in [-0.25, -0.2) is 4.79 Å². The van der Waals surface area contributed by atoms with Crippen LogP contribution in [0.2, 0.25) is 0 Å². The molecule has 12 heteroatoms. The number of nitrogens with two attached hydrogens (primary N) is 1. The highest BCUT2D eigenvalue weighted by Gasteiger charge is 2.23. The molecule has 0 radical (unpaired) electrons. The Hall–Kier alpha value is -3.41. The van der Waals surface area contributed by atoms with Crippen molar-refractivity contribution in [2.75, 3.05) is 18.6 Å². The Kier molecular flexibility index (Phi) is 6.59. The number of para-hydroxylation sites is 2. The molecule has 0 saturated heterocycles. The Morgan fingerprint density at radius 3 is 2.65 bits per heavy atom. The first-order valence-electron chi connectivity index (χ1n) is 9.43. The fraction of sp³-hybridized carbons (Fsp3) is 0.368. The fourth-order valence-corrected chi connectivity index (χ4v) is 3.77. The van der Waals surface area contributed by atoms with Crippen molar-refractivity contribution in [1.29, 1.82) is 0 Å². The molecule has 3 rings (SSSR count). The standard InChI is InChI=1S/C19H23N7O4S/c1-11(2)9-25-16(20)15(17(28)24(3)19(25)29)13(27)10-31-18-21-22-23-26(18)12-7-5-6-8-14(12)30-4/h5-8,11H,9-10,20H2,1-4H3. The zero-order valence-electron chi connectivity index (χ0n) is 17.6. The van der Waals surface area contributed by atoms with Gasteiger partial charge in [0.1, 0.15) is 22.8 Å². The summed E-state index contributed by atoms with van der Waals surface area (Å²) in [5.74, 6) is -0.136. The lowest BCUT2D eigenvalue weighted by Gasteiger charge is -2.16. The van der Waals surface area contributed by atoms with Gasteiger partial charge in [-0.1, -0.05) is 37.7 Å². The second kappa shape index (κ2) is 9.16. The van der Waals surface area contributed by atoms with E-state index in [1.165, 1.54) is 23.4 Å². The maximum Gasteiger partial charge on any atom is 0.332 e. The molecule has 0 aliphatic rings. The third-order valence-corrected chi connectivity index (χ3v) is 5.42. The maximum atomic E-state index is 12.9. The molecule has 0 aliphatic heterocycles. The van der Waals surface area contributed by atoms with E-state index >= 15 is 0 Å². The number of aromatic nitrogens is 6. The van der Waals surface area contributed by atoms with Crippen LogP contribution in [0.15, 0.2) is 39.0 Å². The fourth-order valence-electron chi connectivity index (χ4n) is 3.01. The molecule has 0 fully saturated rings. The van der Waals surface area contributed by atoms with Crippen LogP contribution in [0, 0.1) is 5.92 Å². The van der Waals surface area contributed by atoms with Gasteiger partial charge in [-0.2, -0.15) is 4.68 Å². The van der Waals surface area contributed by atoms with Crippen LogP contribution in [0.3, 0.4) is 0 Å². The molecule has 0 aliphatic carbocycles. The molecule has 0 unspecified atom stereocenters. The van der Waals surface area contributed by atoms with E-state index in [4.69, 9.17) is 10.5 Å². The van der Waals surface area contributed by atoms with Crippen molar-refractivity contribution in [2.45, 2.75) is 25.5 Å². The largest absolute Gasteiger partial charge is 0.494 e. The number of rotatable bonds is 8. The van der Waals surface area contributed by atoms with Gasteiger partial charge in [-0.3, -0.25) is 18.7 Å². The Morgan fingerprint density at radius 1 is 1.26 bits per heavy atom. The normalized spacial score (nSPS) is 11.1. The van der Waals surface area contributed by atoms with Gasteiger partial charge in [0.25, 0.3) is 5.56 Å². The van der Waals surface area contributed by atoms with E-state index in [0.29, 0.717) is 16.6 Å². The van der Waals surface area contributed by atoms with Crippen molar-refractivity contribution in [3.05, 3.63) is 50.7 Å². The molecule has 2 N–H and O–H groups in total. The second-order valence-corrected chi connectivity index (χ2v) is 8.11. The number of carbonyl (C=O) groups excluding carboxylic acids is 1. The minimum atomic E-state index is -0.725. The van der Waals surface area contributed by atoms with E-state index in [1.54, 1.807) is 12.1 Å². The SMILES string of the molecule is COc1ccccc1-n1nnnc1SCC(=O)c1c(N)n(CC(C)C)c(=O)n(C)c1=O. The molecule has 2 heterocycles. The van der Waals surface area contributed by atoms with Gasteiger partial charge < -0.3 is 10.5 Å². The van der Waals surface area contributed by atoms with E-state index in [1.807, 2.05) is 26.0 Å². The molecule has 2 aromatic heterocycles. The van der Waals surface area contributed by atoms with E-state index in [9.17, 15) is 14.4 Å². The van der Waals surface area contributed by atoms with Gasteiger partial charge in [0.15, 0.2) is 5.78 Å². The van der Waals surface area contributed by atoms with Crippen molar-refractivity contribution in [3.8, 4) is 11.4 Å². The lowest BCUT2D eigenvalue weighted by Crippen LogP contribution is -2.43. The van der Waals surface area contributed by atoms with Crippen LogP contribution in [0.4, 0.5) is 5.82 Å². The highest BCUT2D eigenvalue weighted by molar-refractivity contribution is 7.99. The molecule has 11 nitrogen and oxygen atoms in total. The summed E-state index contributed by atoms with van der Waals surface area (Å²) >= 11 is 1.05. The van der Waals surface area contributed by atoms with Gasteiger partial charge in [-0.15, -0.1) is 5.10 Å². The first-order valence-corrected chi connectivity index (χ1v) is 10.4. The summed E-state index contributed by atoms with van der Waals surface area (Å²) in [5.41, 5.74) is 5.18. The summed E-state index contributed by atoms with van der Waals surface area (Å²) in [7, 11) is 2.86. The molecule has 164 valence electrons. The van der Waals surface area contributed by atoms with Crippen molar-refractivity contribution in [2.24, 2.45) is 13.0 Å².